The molecule has 0 unspecified atom stereocenters. The summed E-state index contributed by atoms with van der Waals surface area (Å²) in [6.45, 7) is 1.28. The van der Waals surface area contributed by atoms with Gasteiger partial charge in [-0.25, -0.2) is 14.6 Å². The van der Waals surface area contributed by atoms with Gasteiger partial charge in [-0.1, -0.05) is 18.2 Å². The number of oxazole rings is 1. The third-order valence-electron chi connectivity index (χ3n) is 3.95. The summed E-state index contributed by atoms with van der Waals surface area (Å²) in [5, 5.41) is 2.60. The number of nitrogens with zero attached hydrogens (tertiary/aromatic N) is 1. The minimum absolute atomic E-state index is 0.253. The highest BCUT2D eigenvalue weighted by molar-refractivity contribution is 5.97. The van der Waals surface area contributed by atoms with Gasteiger partial charge in [0.05, 0.1) is 12.7 Å². The number of rotatable bonds is 6. The smallest absolute Gasteiger partial charge is 0.337 e. The number of para-hydroxylation sites is 2. The van der Waals surface area contributed by atoms with Crippen LogP contribution in [0.15, 0.2) is 53.0 Å². The molecule has 0 saturated carbocycles. The minimum Gasteiger partial charge on any atom is -0.465 e. The van der Waals surface area contributed by atoms with Gasteiger partial charge in [0.2, 0.25) is 5.89 Å². The van der Waals surface area contributed by atoms with Crippen molar-refractivity contribution in [2.24, 2.45) is 0 Å². The number of methoxy groups -OCH3 is 1. The lowest BCUT2D eigenvalue weighted by molar-refractivity contribution is -0.142. The van der Waals surface area contributed by atoms with Crippen molar-refractivity contribution in [1.82, 2.24) is 4.98 Å². The first-order valence-corrected chi connectivity index (χ1v) is 8.65. The van der Waals surface area contributed by atoms with E-state index in [-0.39, 0.29) is 5.89 Å². The van der Waals surface area contributed by atoms with Crippen molar-refractivity contribution in [1.29, 1.82) is 0 Å². The number of esters is 2. The number of anilines is 1. The average molecular weight is 394 g/mol. The monoisotopic (exact) mass is 394 g/mol. The Labute approximate surface area is 166 Å². The van der Waals surface area contributed by atoms with Gasteiger partial charge < -0.3 is 19.2 Å². The molecule has 29 heavy (non-hydrogen) atoms. The van der Waals surface area contributed by atoms with E-state index >= 15 is 0 Å². The van der Waals surface area contributed by atoms with Crippen LogP contribution >= 0.6 is 0 Å². The molecule has 1 amide bonds. The van der Waals surface area contributed by atoms with E-state index < -0.39 is 24.5 Å². The number of fused-ring (bicyclic) bond motifs is 1. The maximum Gasteiger partial charge on any atom is 0.337 e. The lowest BCUT2D eigenvalue weighted by Gasteiger charge is -2.10. The zero-order chi connectivity index (χ0) is 20.8. The number of aromatic nitrogens is 1. The molecular weight excluding hydrogens is 376 g/mol. The Morgan fingerprint density at radius 3 is 2.72 bits per heavy atom. The number of benzene rings is 2. The lowest BCUT2D eigenvalue weighted by atomic mass is 10.1. The van der Waals surface area contributed by atoms with E-state index in [4.69, 9.17) is 9.15 Å². The summed E-state index contributed by atoms with van der Waals surface area (Å²) in [4.78, 5) is 39.7. The minimum atomic E-state index is -0.720. The van der Waals surface area contributed by atoms with Gasteiger partial charge in [-0.3, -0.25) is 4.79 Å². The summed E-state index contributed by atoms with van der Waals surface area (Å²) in [5.41, 5.74) is 2.74. The molecule has 1 heterocycles. The Bertz CT molecular complexity index is 1070. The van der Waals surface area contributed by atoms with Crippen LogP contribution in [0.5, 0.6) is 0 Å². The SMILES string of the molecule is COC(=O)c1ccc(C)c(NC(=O)COC(=O)/C=C/c2nc3ccccc3o2)c1. The quantitative estimate of drug-likeness (QED) is 0.505. The van der Waals surface area contributed by atoms with Crippen LogP contribution in [-0.4, -0.2) is 36.5 Å². The molecule has 148 valence electrons. The summed E-state index contributed by atoms with van der Waals surface area (Å²) in [6.07, 6.45) is 2.49. The highest BCUT2D eigenvalue weighted by atomic mass is 16.5. The Morgan fingerprint density at radius 2 is 1.97 bits per heavy atom. The number of carbonyl (C=O) groups excluding carboxylic acids is 3. The van der Waals surface area contributed by atoms with Crippen LogP contribution in [0.4, 0.5) is 5.69 Å². The average Bonchev–Trinajstić information content (AvgIpc) is 3.14. The molecule has 0 aliphatic carbocycles. The second-order valence-electron chi connectivity index (χ2n) is 6.03. The number of aryl methyl sites for hydroxylation is 1. The van der Waals surface area contributed by atoms with Crippen LogP contribution in [0.2, 0.25) is 0 Å². The fraction of sp³-hybridized carbons (Fsp3) is 0.143. The molecule has 8 heteroatoms. The topological polar surface area (TPSA) is 108 Å². The zero-order valence-electron chi connectivity index (χ0n) is 15.8. The van der Waals surface area contributed by atoms with Gasteiger partial charge in [0.25, 0.3) is 5.91 Å². The maximum absolute atomic E-state index is 12.1. The molecule has 0 radical (unpaired) electrons. The van der Waals surface area contributed by atoms with Crippen LogP contribution in [-0.2, 0) is 19.1 Å². The number of hydrogen-bond donors (Lipinski definition) is 1. The van der Waals surface area contributed by atoms with Crippen molar-refractivity contribution in [3.05, 3.63) is 65.6 Å². The molecule has 2 aromatic carbocycles. The molecule has 0 fully saturated rings. The molecule has 0 atom stereocenters. The fourth-order valence-electron chi connectivity index (χ4n) is 2.47. The molecule has 3 rings (SSSR count). The van der Waals surface area contributed by atoms with E-state index in [0.717, 1.165) is 11.6 Å². The Hall–Kier alpha value is -3.94. The zero-order valence-corrected chi connectivity index (χ0v) is 15.8. The molecule has 0 spiro atoms. The van der Waals surface area contributed by atoms with E-state index in [9.17, 15) is 14.4 Å². The maximum atomic E-state index is 12.1. The van der Waals surface area contributed by atoms with Gasteiger partial charge in [0.15, 0.2) is 12.2 Å². The lowest BCUT2D eigenvalue weighted by Crippen LogP contribution is -2.21. The first kappa shape index (κ1) is 19.8. The second-order valence-corrected chi connectivity index (χ2v) is 6.03. The van der Waals surface area contributed by atoms with Gasteiger partial charge >= 0.3 is 11.9 Å². The fourth-order valence-corrected chi connectivity index (χ4v) is 2.47. The molecule has 0 aliphatic rings. The van der Waals surface area contributed by atoms with Crippen LogP contribution in [0.3, 0.4) is 0 Å². The van der Waals surface area contributed by atoms with Crippen LogP contribution in [0.25, 0.3) is 17.2 Å². The number of amides is 1. The predicted molar refractivity (Wildman–Crippen MR) is 105 cm³/mol. The van der Waals surface area contributed by atoms with Crippen LogP contribution < -0.4 is 5.32 Å². The van der Waals surface area contributed by atoms with Gasteiger partial charge in [0, 0.05) is 17.8 Å². The van der Waals surface area contributed by atoms with Gasteiger partial charge in [0.1, 0.15) is 5.52 Å². The normalized spacial score (nSPS) is 10.8. The summed E-state index contributed by atoms with van der Waals surface area (Å²) < 4.78 is 15.0. The summed E-state index contributed by atoms with van der Waals surface area (Å²) in [7, 11) is 1.27. The van der Waals surface area contributed by atoms with Crippen molar-refractivity contribution >= 4 is 40.7 Å². The Balaban J connectivity index is 1.55. The molecule has 0 bridgehead atoms. The van der Waals surface area contributed by atoms with Gasteiger partial charge in [-0.05, 0) is 36.8 Å². The number of nitrogens with one attached hydrogen (secondary N) is 1. The third kappa shape index (κ3) is 5.07. The van der Waals surface area contributed by atoms with Crippen molar-refractivity contribution in [3.8, 4) is 0 Å². The van der Waals surface area contributed by atoms with Crippen LogP contribution in [0, 0.1) is 6.92 Å². The first-order chi connectivity index (χ1) is 14.0. The van der Waals surface area contributed by atoms with E-state index in [1.165, 1.54) is 19.3 Å². The molecule has 3 aromatic rings. The molecule has 8 nitrogen and oxygen atoms in total. The summed E-state index contributed by atoms with van der Waals surface area (Å²) in [6, 6.07) is 12.0. The van der Waals surface area contributed by atoms with Crippen molar-refractivity contribution in [2.75, 3.05) is 19.0 Å². The summed E-state index contributed by atoms with van der Waals surface area (Å²) in [5.74, 6) is -1.53. The molecule has 0 aliphatic heterocycles. The largest absolute Gasteiger partial charge is 0.465 e. The van der Waals surface area contributed by atoms with Crippen LogP contribution in [0.1, 0.15) is 21.8 Å². The van der Waals surface area contributed by atoms with Crippen molar-refractivity contribution < 1.29 is 28.3 Å². The highest BCUT2D eigenvalue weighted by Gasteiger charge is 2.11. The predicted octanol–water partition coefficient (Wildman–Crippen LogP) is 3.12. The first-order valence-electron chi connectivity index (χ1n) is 8.65. The number of carbonyl (C=O) groups is 3. The molecular formula is C21H18N2O6. The van der Waals surface area contributed by atoms with E-state index in [1.807, 2.05) is 12.1 Å². The molecule has 0 saturated heterocycles. The van der Waals surface area contributed by atoms with E-state index in [2.05, 4.69) is 15.0 Å². The Kier molecular flexibility index (Phi) is 6.03. The standard InChI is InChI=1S/C21H18N2O6/c1-13-7-8-14(21(26)27-2)11-16(13)22-18(24)12-28-20(25)10-9-19-23-15-5-3-4-6-17(15)29-19/h3-11H,12H2,1-2H3,(H,22,24)/b10-9+. The summed E-state index contributed by atoms with van der Waals surface area (Å²) >= 11 is 0. The molecule has 1 aromatic heterocycles. The van der Waals surface area contributed by atoms with Gasteiger partial charge in [-0.15, -0.1) is 0 Å². The van der Waals surface area contributed by atoms with E-state index in [0.29, 0.717) is 22.4 Å². The van der Waals surface area contributed by atoms with Crippen molar-refractivity contribution in [3.63, 3.8) is 0 Å². The van der Waals surface area contributed by atoms with E-state index in [1.54, 1.807) is 31.2 Å². The van der Waals surface area contributed by atoms with Crippen molar-refractivity contribution in [2.45, 2.75) is 6.92 Å². The van der Waals surface area contributed by atoms with Gasteiger partial charge in [-0.2, -0.15) is 0 Å². The molecule has 1 N–H and O–H groups in total. The number of ether oxygens (including phenoxy) is 2. The Morgan fingerprint density at radius 1 is 1.17 bits per heavy atom. The third-order valence-corrected chi connectivity index (χ3v) is 3.95. The second kappa shape index (κ2) is 8.83. The highest BCUT2D eigenvalue weighted by Crippen LogP contribution is 2.18. The number of hydrogen-bond acceptors (Lipinski definition) is 7.